The number of methoxy groups -OCH3 is 2. The van der Waals surface area contributed by atoms with Crippen LogP contribution in [0, 0.1) is 5.41 Å². The van der Waals surface area contributed by atoms with Crippen molar-refractivity contribution in [3.63, 3.8) is 0 Å². The van der Waals surface area contributed by atoms with Gasteiger partial charge in [0.25, 0.3) is 0 Å². The fraction of sp³-hybridized carbons (Fsp3) is 0.647. The third-order valence-electron chi connectivity index (χ3n) is 3.79. The standard InChI is InChI=1S/C17H28ClNO2/c1-17(2,9-10-19-11-12-20-3)8-7-14-5-6-15(21-4)13-16(14)18/h5-6,13,19H,7-12H2,1-4H3. The van der Waals surface area contributed by atoms with Crippen molar-refractivity contribution in [3.8, 4) is 5.75 Å². The summed E-state index contributed by atoms with van der Waals surface area (Å²) in [6.45, 7) is 7.32. The lowest BCUT2D eigenvalue weighted by atomic mass is 9.83. The Kier molecular flexibility index (Phi) is 8.09. The Morgan fingerprint density at radius 2 is 1.90 bits per heavy atom. The summed E-state index contributed by atoms with van der Waals surface area (Å²) >= 11 is 6.29. The Morgan fingerprint density at radius 1 is 1.14 bits per heavy atom. The number of hydrogen-bond acceptors (Lipinski definition) is 3. The zero-order valence-corrected chi connectivity index (χ0v) is 14.4. The predicted octanol–water partition coefficient (Wildman–Crippen LogP) is 3.93. The number of rotatable bonds is 10. The van der Waals surface area contributed by atoms with Crippen LogP contribution < -0.4 is 10.1 Å². The van der Waals surface area contributed by atoms with E-state index < -0.39 is 0 Å². The molecule has 0 aliphatic carbocycles. The molecule has 3 nitrogen and oxygen atoms in total. The maximum Gasteiger partial charge on any atom is 0.120 e. The molecular formula is C17H28ClNO2. The van der Waals surface area contributed by atoms with E-state index in [1.165, 1.54) is 5.56 Å². The van der Waals surface area contributed by atoms with Crippen molar-refractivity contribution >= 4 is 11.6 Å². The minimum absolute atomic E-state index is 0.295. The highest BCUT2D eigenvalue weighted by Crippen LogP contribution is 2.30. The van der Waals surface area contributed by atoms with E-state index in [9.17, 15) is 0 Å². The highest BCUT2D eigenvalue weighted by atomic mass is 35.5. The second kappa shape index (κ2) is 9.29. The molecule has 0 aromatic heterocycles. The van der Waals surface area contributed by atoms with Gasteiger partial charge in [0, 0.05) is 18.7 Å². The summed E-state index contributed by atoms with van der Waals surface area (Å²) in [5.41, 5.74) is 1.49. The lowest BCUT2D eigenvalue weighted by Gasteiger charge is -2.25. The molecular weight excluding hydrogens is 286 g/mol. The molecule has 0 spiro atoms. The van der Waals surface area contributed by atoms with Crippen LogP contribution in [0.25, 0.3) is 0 Å². The molecule has 21 heavy (non-hydrogen) atoms. The fourth-order valence-electron chi connectivity index (χ4n) is 2.18. The predicted molar refractivity (Wildman–Crippen MR) is 89.5 cm³/mol. The molecule has 0 atom stereocenters. The van der Waals surface area contributed by atoms with Crippen LogP contribution in [0.15, 0.2) is 18.2 Å². The van der Waals surface area contributed by atoms with E-state index in [1.54, 1.807) is 14.2 Å². The molecule has 0 amide bonds. The van der Waals surface area contributed by atoms with E-state index in [0.717, 1.165) is 49.7 Å². The molecule has 1 aromatic rings. The zero-order chi connectivity index (χ0) is 15.7. The lowest BCUT2D eigenvalue weighted by molar-refractivity contribution is 0.197. The Labute approximate surface area is 134 Å². The first-order valence-electron chi connectivity index (χ1n) is 7.50. The highest BCUT2D eigenvalue weighted by Gasteiger charge is 2.18. The van der Waals surface area contributed by atoms with Gasteiger partial charge in [0.2, 0.25) is 0 Å². The van der Waals surface area contributed by atoms with Gasteiger partial charge in [-0.1, -0.05) is 31.5 Å². The van der Waals surface area contributed by atoms with Crippen molar-refractivity contribution in [2.24, 2.45) is 5.41 Å². The molecule has 0 radical (unpaired) electrons. The minimum Gasteiger partial charge on any atom is -0.497 e. The fourth-order valence-corrected chi connectivity index (χ4v) is 2.45. The normalized spacial score (nSPS) is 11.7. The maximum absolute atomic E-state index is 6.29. The second-order valence-corrected chi connectivity index (χ2v) is 6.52. The molecule has 0 bridgehead atoms. The summed E-state index contributed by atoms with van der Waals surface area (Å²) in [5, 5.41) is 4.19. The molecule has 0 unspecified atom stereocenters. The molecule has 4 heteroatoms. The Bertz CT molecular complexity index is 421. The van der Waals surface area contributed by atoms with Gasteiger partial charge >= 0.3 is 0 Å². The van der Waals surface area contributed by atoms with Crippen LogP contribution in [-0.2, 0) is 11.2 Å². The number of ether oxygens (including phenoxy) is 2. The van der Waals surface area contributed by atoms with Gasteiger partial charge in [-0.25, -0.2) is 0 Å². The molecule has 1 N–H and O–H groups in total. The van der Waals surface area contributed by atoms with Gasteiger partial charge in [0.05, 0.1) is 13.7 Å². The molecule has 0 aliphatic rings. The van der Waals surface area contributed by atoms with Crippen molar-refractivity contribution in [2.45, 2.75) is 33.1 Å². The van der Waals surface area contributed by atoms with Crippen molar-refractivity contribution in [2.75, 3.05) is 33.9 Å². The number of benzene rings is 1. The van der Waals surface area contributed by atoms with Gasteiger partial charge < -0.3 is 14.8 Å². The summed E-state index contributed by atoms with van der Waals surface area (Å²) in [4.78, 5) is 0. The van der Waals surface area contributed by atoms with Crippen LogP contribution >= 0.6 is 11.6 Å². The number of aryl methyl sites for hydroxylation is 1. The van der Waals surface area contributed by atoms with E-state index in [2.05, 4.69) is 25.2 Å². The molecule has 1 rings (SSSR count). The maximum atomic E-state index is 6.29. The van der Waals surface area contributed by atoms with E-state index in [0.29, 0.717) is 5.41 Å². The topological polar surface area (TPSA) is 30.5 Å². The summed E-state index contributed by atoms with van der Waals surface area (Å²) in [6.07, 6.45) is 3.25. The Hall–Kier alpha value is -0.770. The van der Waals surface area contributed by atoms with Gasteiger partial charge in [-0.05, 0) is 48.9 Å². The SMILES string of the molecule is COCCNCCC(C)(C)CCc1ccc(OC)cc1Cl. The average Bonchev–Trinajstić information content (AvgIpc) is 2.45. The summed E-state index contributed by atoms with van der Waals surface area (Å²) in [6, 6.07) is 5.92. The first-order chi connectivity index (χ1) is 9.98. The van der Waals surface area contributed by atoms with Crippen molar-refractivity contribution in [3.05, 3.63) is 28.8 Å². The van der Waals surface area contributed by atoms with Crippen LogP contribution in [0.4, 0.5) is 0 Å². The first-order valence-corrected chi connectivity index (χ1v) is 7.88. The Morgan fingerprint density at radius 3 is 2.52 bits per heavy atom. The van der Waals surface area contributed by atoms with Gasteiger partial charge in [0.15, 0.2) is 0 Å². The van der Waals surface area contributed by atoms with Crippen molar-refractivity contribution < 1.29 is 9.47 Å². The third-order valence-corrected chi connectivity index (χ3v) is 4.14. The summed E-state index contributed by atoms with van der Waals surface area (Å²) < 4.78 is 10.2. The van der Waals surface area contributed by atoms with E-state index in [-0.39, 0.29) is 0 Å². The largest absolute Gasteiger partial charge is 0.497 e. The van der Waals surface area contributed by atoms with Gasteiger partial charge in [-0.3, -0.25) is 0 Å². The smallest absolute Gasteiger partial charge is 0.120 e. The third kappa shape index (κ3) is 7.16. The Balaban J connectivity index is 2.38. The monoisotopic (exact) mass is 313 g/mol. The molecule has 0 saturated carbocycles. The van der Waals surface area contributed by atoms with E-state index in [4.69, 9.17) is 21.1 Å². The second-order valence-electron chi connectivity index (χ2n) is 6.11. The lowest BCUT2D eigenvalue weighted by Crippen LogP contribution is -2.25. The zero-order valence-electron chi connectivity index (χ0n) is 13.7. The van der Waals surface area contributed by atoms with Gasteiger partial charge in [-0.15, -0.1) is 0 Å². The average molecular weight is 314 g/mol. The van der Waals surface area contributed by atoms with E-state index >= 15 is 0 Å². The van der Waals surface area contributed by atoms with Crippen LogP contribution in [0.3, 0.4) is 0 Å². The molecule has 0 aliphatic heterocycles. The summed E-state index contributed by atoms with van der Waals surface area (Å²) in [7, 11) is 3.38. The molecule has 0 fully saturated rings. The van der Waals surface area contributed by atoms with Crippen molar-refractivity contribution in [1.29, 1.82) is 0 Å². The van der Waals surface area contributed by atoms with Crippen LogP contribution in [0.1, 0.15) is 32.3 Å². The first kappa shape index (κ1) is 18.3. The van der Waals surface area contributed by atoms with Gasteiger partial charge in [0.1, 0.15) is 5.75 Å². The van der Waals surface area contributed by atoms with Gasteiger partial charge in [-0.2, -0.15) is 0 Å². The number of hydrogen-bond donors (Lipinski definition) is 1. The van der Waals surface area contributed by atoms with Crippen LogP contribution in [0.5, 0.6) is 5.75 Å². The number of nitrogens with one attached hydrogen (secondary N) is 1. The van der Waals surface area contributed by atoms with Crippen LogP contribution in [-0.4, -0.2) is 33.9 Å². The quantitative estimate of drug-likeness (QED) is 0.664. The minimum atomic E-state index is 0.295. The molecule has 120 valence electrons. The summed E-state index contributed by atoms with van der Waals surface area (Å²) in [5.74, 6) is 0.811. The van der Waals surface area contributed by atoms with Crippen molar-refractivity contribution in [1.82, 2.24) is 5.32 Å². The molecule has 0 heterocycles. The molecule has 1 aromatic carbocycles. The van der Waals surface area contributed by atoms with E-state index in [1.807, 2.05) is 12.1 Å². The highest BCUT2D eigenvalue weighted by molar-refractivity contribution is 6.31. The number of halogens is 1. The molecule has 0 saturated heterocycles. The van der Waals surface area contributed by atoms with Crippen LogP contribution in [0.2, 0.25) is 5.02 Å².